The molecule has 2 aliphatic rings. The molecule has 0 saturated carbocycles. The molecule has 0 saturated heterocycles. The largest absolute Gasteiger partial charge is 0.0616 e. The summed E-state index contributed by atoms with van der Waals surface area (Å²) < 4.78 is 0. The summed E-state index contributed by atoms with van der Waals surface area (Å²) in [4.78, 5) is 0. The van der Waals surface area contributed by atoms with Gasteiger partial charge in [-0.1, -0.05) is 173 Å². The lowest BCUT2D eigenvalue weighted by Crippen LogP contribution is -2.17. The first-order valence-electron chi connectivity index (χ1n) is 20.0. The van der Waals surface area contributed by atoms with Crippen LogP contribution in [0.1, 0.15) is 49.9 Å². The molecule has 10 aromatic rings. The molecule has 0 fully saturated rings. The van der Waals surface area contributed by atoms with Gasteiger partial charge in [0, 0.05) is 10.8 Å². The van der Waals surface area contributed by atoms with Crippen LogP contribution >= 0.6 is 0 Å². The molecule has 0 nitrogen and oxygen atoms in total. The van der Waals surface area contributed by atoms with Gasteiger partial charge < -0.3 is 0 Å². The molecule has 56 heavy (non-hydrogen) atoms. The Bertz CT molecular complexity index is 3300. The van der Waals surface area contributed by atoms with E-state index in [2.05, 4.69) is 198 Å². The minimum Gasteiger partial charge on any atom is -0.0616 e. The van der Waals surface area contributed by atoms with Crippen LogP contribution in [0.2, 0.25) is 0 Å². The third-order valence-corrected chi connectivity index (χ3v) is 13.5. The molecule has 10 aromatic carbocycles. The molecular weight excluding hydrogens is 673 g/mol. The summed E-state index contributed by atoms with van der Waals surface area (Å²) in [6.45, 7) is 9.75. The summed E-state index contributed by atoms with van der Waals surface area (Å²) in [6, 6.07) is 64.3. The second-order valence-electron chi connectivity index (χ2n) is 17.2. The van der Waals surface area contributed by atoms with Gasteiger partial charge >= 0.3 is 0 Å². The molecule has 0 spiro atoms. The van der Waals surface area contributed by atoms with Crippen LogP contribution in [-0.4, -0.2) is 0 Å². The zero-order valence-corrected chi connectivity index (χ0v) is 32.2. The Balaban J connectivity index is 1.16. The van der Waals surface area contributed by atoms with Crippen LogP contribution in [-0.2, 0) is 10.8 Å². The van der Waals surface area contributed by atoms with E-state index in [1.165, 1.54) is 121 Å². The fourth-order valence-electron chi connectivity index (χ4n) is 11.1. The van der Waals surface area contributed by atoms with E-state index in [0.29, 0.717) is 0 Å². The summed E-state index contributed by atoms with van der Waals surface area (Å²) in [6.07, 6.45) is 0. The van der Waals surface area contributed by atoms with E-state index >= 15 is 0 Å². The first-order valence-corrected chi connectivity index (χ1v) is 20.0. The van der Waals surface area contributed by atoms with Crippen LogP contribution in [0.25, 0.3) is 98.4 Å². The second-order valence-corrected chi connectivity index (χ2v) is 17.2. The molecule has 0 unspecified atom stereocenters. The molecule has 0 bridgehead atoms. The second kappa shape index (κ2) is 11.1. The SMILES string of the molecule is CC1(C)c2cc3c(cc2-c2ccc4ccccc4c21)C(C)(C)c1c-3cc(-c2c3ccccc3c(-c3ccc4ccccc4c3)c3ccccc23)c2ccccc12. The van der Waals surface area contributed by atoms with E-state index in [1.807, 2.05) is 0 Å². The minimum absolute atomic E-state index is 0.127. The van der Waals surface area contributed by atoms with Crippen LogP contribution in [0, 0.1) is 0 Å². The summed E-state index contributed by atoms with van der Waals surface area (Å²) in [7, 11) is 0. The monoisotopic (exact) mass is 712 g/mol. The molecule has 264 valence electrons. The van der Waals surface area contributed by atoms with Crippen molar-refractivity contribution in [3.05, 3.63) is 192 Å². The highest BCUT2D eigenvalue weighted by molar-refractivity contribution is 6.24. The summed E-state index contributed by atoms with van der Waals surface area (Å²) in [5, 5.41) is 13.0. The van der Waals surface area contributed by atoms with Crippen molar-refractivity contribution in [3.8, 4) is 44.5 Å². The van der Waals surface area contributed by atoms with Crippen LogP contribution in [0.4, 0.5) is 0 Å². The maximum absolute atomic E-state index is 2.57. The zero-order chi connectivity index (χ0) is 37.5. The maximum Gasteiger partial charge on any atom is 0.0165 e. The van der Waals surface area contributed by atoms with Crippen molar-refractivity contribution in [2.45, 2.75) is 38.5 Å². The predicted octanol–water partition coefficient (Wildman–Crippen LogP) is 15.4. The fraction of sp³-hybridized carbons (Fsp3) is 0.107. The van der Waals surface area contributed by atoms with Crippen molar-refractivity contribution < 1.29 is 0 Å². The van der Waals surface area contributed by atoms with Crippen molar-refractivity contribution in [1.82, 2.24) is 0 Å². The Hall–Kier alpha value is -6.50. The lowest BCUT2D eigenvalue weighted by atomic mass is 9.77. The maximum atomic E-state index is 2.57. The molecular formula is C56H40. The molecule has 0 amide bonds. The van der Waals surface area contributed by atoms with E-state index in [1.54, 1.807) is 0 Å². The minimum atomic E-state index is -0.175. The van der Waals surface area contributed by atoms with Crippen LogP contribution in [0.5, 0.6) is 0 Å². The third-order valence-electron chi connectivity index (χ3n) is 13.5. The zero-order valence-electron chi connectivity index (χ0n) is 32.2. The molecule has 0 heteroatoms. The highest BCUT2D eigenvalue weighted by Gasteiger charge is 2.43. The van der Waals surface area contributed by atoms with Crippen molar-refractivity contribution in [1.29, 1.82) is 0 Å². The quantitative estimate of drug-likeness (QED) is 0.157. The summed E-state index contributed by atoms with van der Waals surface area (Å²) >= 11 is 0. The standard InChI is InChI=1S/C56H40/c1-55(2)49-32-46-48-30-47(52-41-22-12-10-20-39(41)51(40-21-11-13-23-42(40)52)36-26-25-33-15-5-6-17-35(33)29-36)38-19-9-14-24-43(38)54(48)56(3,4)50(46)31-45(49)44-28-27-34-16-7-8-18-37(34)53(44)55/h5-32H,1-4H3. The van der Waals surface area contributed by atoms with Crippen LogP contribution in [0.15, 0.2) is 170 Å². The average Bonchev–Trinajstić information content (AvgIpc) is 3.60. The number of fused-ring (bicyclic) bond motifs is 13. The molecule has 0 heterocycles. The molecule has 0 aromatic heterocycles. The van der Waals surface area contributed by atoms with E-state index in [-0.39, 0.29) is 10.8 Å². The Morgan fingerprint density at radius 2 is 0.750 bits per heavy atom. The smallest absolute Gasteiger partial charge is 0.0165 e. The van der Waals surface area contributed by atoms with E-state index in [0.717, 1.165) is 0 Å². The van der Waals surface area contributed by atoms with Crippen molar-refractivity contribution >= 4 is 53.9 Å². The van der Waals surface area contributed by atoms with Gasteiger partial charge in [0.05, 0.1) is 0 Å². The number of rotatable bonds is 2. The Morgan fingerprint density at radius 1 is 0.286 bits per heavy atom. The first-order chi connectivity index (χ1) is 27.3. The molecule has 12 rings (SSSR count). The molecule has 0 atom stereocenters. The average molecular weight is 713 g/mol. The normalized spacial score (nSPS) is 14.7. The molecule has 0 radical (unpaired) electrons. The highest BCUT2D eigenvalue weighted by Crippen LogP contribution is 2.59. The molecule has 0 aliphatic heterocycles. The fourth-order valence-corrected chi connectivity index (χ4v) is 11.1. The lowest BCUT2D eigenvalue weighted by molar-refractivity contribution is 0.657. The number of hydrogen-bond donors (Lipinski definition) is 0. The van der Waals surface area contributed by atoms with Gasteiger partial charge in [-0.25, -0.2) is 0 Å². The topological polar surface area (TPSA) is 0 Å². The van der Waals surface area contributed by atoms with Crippen LogP contribution < -0.4 is 0 Å². The van der Waals surface area contributed by atoms with Crippen molar-refractivity contribution in [2.24, 2.45) is 0 Å². The molecule has 0 N–H and O–H groups in total. The molecule has 2 aliphatic carbocycles. The van der Waals surface area contributed by atoms with E-state index < -0.39 is 0 Å². The van der Waals surface area contributed by atoms with Gasteiger partial charge in [0.2, 0.25) is 0 Å². The van der Waals surface area contributed by atoms with Crippen molar-refractivity contribution in [3.63, 3.8) is 0 Å². The van der Waals surface area contributed by atoms with Gasteiger partial charge in [0.15, 0.2) is 0 Å². The Labute approximate surface area is 327 Å². The van der Waals surface area contributed by atoms with E-state index in [9.17, 15) is 0 Å². The van der Waals surface area contributed by atoms with E-state index in [4.69, 9.17) is 0 Å². The van der Waals surface area contributed by atoms with Gasteiger partial charge in [-0.05, 0) is 145 Å². The lowest BCUT2D eigenvalue weighted by Gasteiger charge is -2.25. The van der Waals surface area contributed by atoms with Crippen molar-refractivity contribution in [2.75, 3.05) is 0 Å². The Kier molecular flexibility index (Phi) is 6.28. The number of hydrogen-bond acceptors (Lipinski definition) is 0. The van der Waals surface area contributed by atoms with Gasteiger partial charge in [-0.3, -0.25) is 0 Å². The van der Waals surface area contributed by atoms with Gasteiger partial charge in [0.25, 0.3) is 0 Å². The number of benzene rings is 10. The predicted molar refractivity (Wildman–Crippen MR) is 240 cm³/mol. The van der Waals surface area contributed by atoms with Gasteiger partial charge in [-0.15, -0.1) is 0 Å². The first kappa shape index (κ1) is 31.8. The summed E-state index contributed by atoms with van der Waals surface area (Å²) in [5.41, 5.74) is 16.1. The summed E-state index contributed by atoms with van der Waals surface area (Å²) in [5.74, 6) is 0. The van der Waals surface area contributed by atoms with Gasteiger partial charge in [0.1, 0.15) is 0 Å². The third kappa shape index (κ3) is 4.09. The highest BCUT2D eigenvalue weighted by atomic mass is 14.5. The Morgan fingerprint density at radius 3 is 1.39 bits per heavy atom. The van der Waals surface area contributed by atoms with Gasteiger partial charge in [-0.2, -0.15) is 0 Å². The van der Waals surface area contributed by atoms with Crippen LogP contribution in [0.3, 0.4) is 0 Å².